The Hall–Kier alpha value is -2.14. The van der Waals surface area contributed by atoms with Crippen LogP contribution >= 0.6 is 11.3 Å². The molecular formula is C16H18N2O2S. The number of nitrogens with one attached hydrogen (secondary N) is 2. The molecule has 0 fully saturated rings. The second kappa shape index (κ2) is 8.21. The summed E-state index contributed by atoms with van der Waals surface area (Å²) < 4.78 is 0. The molecule has 2 aromatic rings. The standard InChI is InChI=1S/C16H18N2O2S/c19-15(17-9-6-13-4-2-1-3-5-13)16(20)18-10-7-14-8-11-21-12-14/h1-5,8,11-12H,6-7,9-10H2,(H,17,19)(H,18,20). The summed E-state index contributed by atoms with van der Waals surface area (Å²) in [5.74, 6) is -1.14. The molecule has 5 heteroatoms. The van der Waals surface area contributed by atoms with Crippen LogP contribution in [0.1, 0.15) is 11.1 Å². The number of hydrogen-bond donors (Lipinski definition) is 2. The van der Waals surface area contributed by atoms with E-state index in [1.807, 2.05) is 47.2 Å². The van der Waals surface area contributed by atoms with E-state index in [-0.39, 0.29) is 0 Å². The monoisotopic (exact) mass is 302 g/mol. The van der Waals surface area contributed by atoms with Crippen LogP contribution in [-0.2, 0) is 22.4 Å². The van der Waals surface area contributed by atoms with Crippen LogP contribution in [0, 0.1) is 0 Å². The zero-order valence-electron chi connectivity index (χ0n) is 11.7. The van der Waals surface area contributed by atoms with Crippen LogP contribution < -0.4 is 10.6 Å². The van der Waals surface area contributed by atoms with Crippen LogP contribution in [0.2, 0.25) is 0 Å². The number of thiophene rings is 1. The van der Waals surface area contributed by atoms with Crippen molar-refractivity contribution < 1.29 is 9.59 Å². The van der Waals surface area contributed by atoms with E-state index < -0.39 is 11.8 Å². The van der Waals surface area contributed by atoms with E-state index in [1.54, 1.807) is 11.3 Å². The molecule has 110 valence electrons. The van der Waals surface area contributed by atoms with Gasteiger partial charge in [-0.15, -0.1) is 0 Å². The molecule has 2 N–H and O–H groups in total. The maximum Gasteiger partial charge on any atom is 0.309 e. The van der Waals surface area contributed by atoms with E-state index in [9.17, 15) is 9.59 Å². The maximum absolute atomic E-state index is 11.6. The Balaban J connectivity index is 1.62. The summed E-state index contributed by atoms with van der Waals surface area (Å²) in [5, 5.41) is 9.28. The lowest BCUT2D eigenvalue weighted by Crippen LogP contribution is -2.41. The van der Waals surface area contributed by atoms with Crippen LogP contribution in [0.5, 0.6) is 0 Å². The lowest BCUT2D eigenvalue weighted by atomic mass is 10.1. The molecular weight excluding hydrogens is 284 g/mol. The van der Waals surface area contributed by atoms with Gasteiger partial charge in [0.15, 0.2) is 0 Å². The second-order valence-corrected chi connectivity index (χ2v) is 5.41. The molecule has 0 spiro atoms. The van der Waals surface area contributed by atoms with Crippen molar-refractivity contribution in [3.8, 4) is 0 Å². The van der Waals surface area contributed by atoms with Crippen molar-refractivity contribution in [3.05, 3.63) is 58.3 Å². The van der Waals surface area contributed by atoms with Gasteiger partial charge >= 0.3 is 11.8 Å². The van der Waals surface area contributed by atoms with Gasteiger partial charge in [0.2, 0.25) is 0 Å². The van der Waals surface area contributed by atoms with Crippen molar-refractivity contribution in [1.82, 2.24) is 10.6 Å². The molecule has 21 heavy (non-hydrogen) atoms. The van der Waals surface area contributed by atoms with E-state index in [0.29, 0.717) is 13.1 Å². The van der Waals surface area contributed by atoms with Crippen LogP contribution in [0.4, 0.5) is 0 Å². The molecule has 0 radical (unpaired) electrons. The van der Waals surface area contributed by atoms with Gasteiger partial charge in [-0.25, -0.2) is 0 Å². The van der Waals surface area contributed by atoms with Crippen LogP contribution in [0.25, 0.3) is 0 Å². The Labute approximate surface area is 128 Å². The fourth-order valence-corrected chi connectivity index (χ4v) is 2.58. The van der Waals surface area contributed by atoms with E-state index in [0.717, 1.165) is 18.4 Å². The van der Waals surface area contributed by atoms with E-state index >= 15 is 0 Å². The molecule has 0 aliphatic heterocycles. The maximum atomic E-state index is 11.6. The van der Waals surface area contributed by atoms with E-state index in [1.165, 1.54) is 5.56 Å². The first kappa shape index (κ1) is 15.3. The molecule has 0 saturated heterocycles. The minimum atomic E-state index is -0.573. The lowest BCUT2D eigenvalue weighted by molar-refractivity contribution is -0.139. The van der Waals surface area contributed by atoms with Gasteiger partial charge in [0.25, 0.3) is 0 Å². The molecule has 4 nitrogen and oxygen atoms in total. The summed E-state index contributed by atoms with van der Waals surface area (Å²) in [6, 6.07) is 11.8. The lowest BCUT2D eigenvalue weighted by Gasteiger charge is -2.06. The zero-order chi connectivity index (χ0) is 14.9. The number of benzene rings is 1. The van der Waals surface area contributed by atoms with Crippen molar-refractivity contribution in [2.45, 2.75) is 12.8 Å². The Bertz CT molecular complexity index is 567. The summed E-state index contributed by atoms with van der Waals surface area (Å²) in [7, 11) is 0. The predicted octanol–water partition coefficient (Wildman–Crippen LogP) is 1.77. The van der Waals surface area contributed by atoms with Crippen molar-refractivity contribution in [1.29, 1.82) is 0 Å². The Morgan fingerprint density at radius 2 is 1.48 bits per heavy atom. The summed E-state index contributed by atoms with van der Waals surface area (Å²) in [4.78, 5) is 23.2. The summed E-state index contributed by atoms with van der Waals surface area (Å²) in [6.07, 6.45) is 1.46. The van der Waals surface area contributed by atoms with Crippen LogP contribution in [0.3, 0.4) is 0 Å². The first-order valence-corrected chi connectivity index (χ1v) is 7.81. The SMILES string of the molecule is O=C(NCCc1ccccc1)C(=O)NCCc1ccsc1. The molecule has 2 amide bonds. The largest absolute Gasteiger partial charge is 0.348 e. The third-order valence-electron chi connectivity index (χ3n) is 3.03. The first-order valence-electron chi connectivity index (χ1n) is 6.87. The Kier molecular flexibility index (Phi) is 5.97. The van der Waals surface area contributed by atoms with E-state index in [4.69, 9.17) is 0 Å². The number of rotatable bonds is 6. The Morgan fingerprint density at radius 1 is 0.857 bits per heavy atom. The third kappa shape index (κ3) is 5.39. The van der Waals surface area contributed by atoms with Crippen molar-refractivity contribution in [2.75, 3.05) is 13.1 Å². The number of hydrogen-bond acceptors (Lipinski definition) is 3. The van der Waals surface area contributed by atoms with Crippen molar-refractivity contribution in [3.63, 3.8) is 0 Å². The number of carbonyl (C=O) groups excluding carboxylic acids is 2. The van der Waals surface area contributed by atoms with Crippen molar-refractivity contribution >= 4 is 23.2 Å². The highest BCUT2D eigenvalue weighted by Gasteiger charge is 2.11. The minimum Gasteiger partial charge on any atom is -0.348 e. The summed E-state index contributed by atoms with van der Waals surface area (Å²) in [6.45, 7) is 0.933. The van der Waals surface area contributed by atoms with Gasteiger partial charge in [-0.2, -0.15) is 11.3 Å². The molecule has 0 saturated carbocycles. The van der Waals surface area contributed by atoms with Crippen LogP contribution in [0.15, 0.2) is 47.2 Å². The third-order valence-corrected chi connectivity index (χ3v) is 3.76. The van der Waals surface area contributed by atoms with Crippen molar-refractivity contribution in [2.24, 2.45) is 0 Å². The van der Waals surface area contributed by atoms with Gasteiger partial charge in [0, 0.05) is 13.1 Å². The molecule has 0 aliphatic rings. The topological polar surface area (TPSA) is 58.2 Å². The normalized spacial score (nSPS) is 10.1. The van der Waals surface area contributed by atoms with Gasteiger partial charge in [0.1, 0.15) is 0 Å². The zero-order valence-corrected chi connectivity index (χ0v) is 12.5. The highest BCUT2D eigenvalue weighted by atomic mass is 32.1. The molecule has 1 aromatic heterocycles. The molecule has 2 rings (SSSR count). The first-order chi connectivity index (χ1) is 10.3. The fraction of sp³-hybridized carbons (Fsp3) is 0.250. The highest BCUT2D eigenvalue weighted by molar-refractivity contribution is 7.07. The van der Waals surface area contributed by atoms with Gasteiger partial charge in [-0.3, -0.25) is 9.59 Å². The van der Waals surface area contributed by atoms with Gasteiger partial charge in [-0.1, -0.05) is 30.3 Å². The molecule has 1 aromatic carbocycles. The average molecular weight is 302 g/mol. The summed E-state index contributed by atoms with van der Waals surface area (Å²) in [5.41, 5.74) is 2.31. The molecule has 1 heterocycles. The summed E-state index contributed by atoms with van der Waals surface area (Å²) >= 11 is 1.62. The van der Waals surface area contributed by atoms with Crippen LogP contribution in [-0.4, -0.2) is 24.9 Å². The average Bonchev–Trinajstić information content (AvgIpc) is 3.01. The van der Waals surface area contributed by atoms with Gasteiger partial charge < -0.3 is 10.6 Å². The van der Waals surface area contributed by atoms with Gasteiger partial charge in [-0.05, 0) is 40.8 Å². The molecule has 0 aliphatic carbocycles. The smallest absolute Gasteiger partial charge is 0.309 e. The van der Waals surface area contributed by atoms with E-state index in [2.05, 4.69) is 10.6 Å². The number of amides is 2. The quantitative estimate of drug-likeness (QED) is 0.799. The molecule has 0 unspecified atom stereocenters. The second-order valence-electron chi connectivity index (χ2n) is 4.63. The molecule has 0 atom stereocenters. The fourth-order valence-electron chi connectivity index (χ4n) is 1.88. The molecule has 0 bridgehead atoms. The number of carbonyl (C=O) groups is 2. The highest BCUT2D eigenvalue weighted by Crippen LogP contribution is 2.05. The minimum absolute atomic E-state index is 0.459. The predicted molar refractivity (Wildman–Crippen MR) is 84.2 cm³/mol. The van der Waals surface area contributed by atoms with Gasteiger partial charge in [0.05, 0.1) is 0 Å². The Morgan fingerprint density at radius 3 is 2.05 bits per heavy atom.